The molecule has 0 saturated heterocycles. The summed E-state index contributed by atoms with van der Waals surface area (Å²) in [6.45, 7) is 6.07. The standard InChI is InChI=1S/C20H23N3O4S/c1-13(2)19-22-20(27-23-19)17-11-16(9-10-18(17)26-4)28(24,25)21-12-15-7-5-14(3)6-8-15/h5-11,13,21H,12H2,1-4H3. The molecule has 8 heteroatoms. The first-order valence-electron chi connectivity index (χ1n) is 8.87. The van der Waals surface area contributed by atoms with Crippen molar-refractivity contribution in [3.63, 3.8) is 0 Å². The molecule has 148 valence electrons. The van der Waals surface area contributed by atoms with Crippen molar-refractivity contribution in [2.24, 2.45) is 0 Å². The molecule has 3 rings (SSSR count). The molecule has 7 nitrogen and oxygen atoms in total. The second-order valence-corrected chi connectivity index (χ2v) is 8.55. The van der Waals surface area contributed by atoms with Gasteiger partial charge in [-0.2, -0.15) is 4.98 Å². The highest BCUT2D eigenvalue weighted by atomic mass is 32.2. The van der Waals surface area contributed by atoms with Gasteiger partial charge in [-0.25, -0.2) is 13.1 Å². The summed E-state index contributed by atoms with van der Waals surface area (Å²) in [5.74, 6) is 1.31. The van der Waals surface area contributed by atoms with Gasteiger partial charge in [-0.15, -0.1) is 0 Å². The first-order valence-corrected chi connectivity index (χ1v) is 10.4. The lowest BCUT2D eigenvalue weighted by Crippen LogP contribution is -2.23. The molecule has 0 aliphatic rings. The van der Waals surface area contributed by atoms with Crippen LogP contribution in [0.2, 0.25) is 0 Å². The predicted molar refractivity (Wildman–Crippen MR) is 106 cm³/mol. The molecular weight excluding hydrogens is 378 g/mol. The van der Waals surface area contributed by atoms with Gasteiger partial charge in [0.25, 0.3) is 5.89 Å². The summed E-state index contributed by atoms with van der Waals surface area (Å²) in [5.41, 5.74) is 2.42. The largest absolute Gasteiger partial charge is 0.496 e. The third kappa shape index (κ3) is 4.40. The third-order valence-electron chi connectivity index (χ3n) is 4.26. The van der Waals surface area contributed by atoms with E-state index in [0.717, 1.165) is 11.1 Å². The van der Waals surface area contributed by atoms with Crippen molar-refractivity contribution >= 4 is 10.0 Å². The van der Waals surface area contributed by atoms with Gasteiger partial charge in [-0.1, -0.05) is 48.8 Å². The maximum Gasteiger partial charge on any atom is 0.261 e. The Bertz CT molecular complexity index is 1060. The van der Waals surface area contributed by atoms with Crippen LogP contribution in [0.3, 0.4) is 0 Å². The average molecular weight is 401 g/mol. The van der Waals surface area contributed by atoms with Crippen LogP contribution in [0.1, 0.15) is 36.7 Å². The normalized spacial score (nSPS) is 11.8. The van der Waals surface area contributed by atoms with Crippen molar-refractivity contribution in [3.05, 3.63) is 59.4 Å². The first kappa shape index (κ1) is 20.0. The fraction of sp³-hybridized carbons (Fsp3) is 0.300. The minimum absolute atomic E-state index is 0.0894. The Hall–Kier alpha value is -2.71. The molecule has 0 unspecified atom stereocenters. The second-order valence-electron chi connectivity index (χ2n) is 6.78. The third-order valence-corrected chi connectivity index (χ3v) is 5.66. The summed E-state index contributed by atoms with van der Waals surface area (Å²) in [4.78, 5) is 4.44. The van der Waals surface area contributed by atoms with Gasteiger partial charge < -0.3 is 9.26 Å². The Morgan fingerprint density at radius 2 is 1.86 bits per heavy atom. The zero-order valence-corrected chi connectivity index (χ0v) is 17.1. The molecular formula is C20H23N3O4S. The van der Waals surface area contributed by atoms with Gasteiger partial charge in [0.1, 0.15) is 5.75 Å². The van der Waals surface area contributed by atoms with Crippen molar-refractivity contribution in [1.29, 1.82) is 0 Å². The molecule has 0 aliphatic carbocycles. The number of rotatable bonds is 7. The van der Waals surface area contributed by atoms with Gasteiger partial charge in [0.2, 0.25) is 10.0 Å². The van der Waals surface area contributed by atoms with E-state index in [0.29, 0.717) is 17.1 Å². The minimum Gasteiger partial charge on any atom is -0.496 e. The fourth-order valence-electron chi connectivity index (χ4n) is 2.57. The van der Waals surface area contributed by atoms with Crippen LogP contribution in [-0.4, -0.2) is 25.7 Å². The van der Waals surface area contributed by atoms with Gasteiger partial charge in [-0.3, -0.25) is 0 Å². The van der Waals surface area contributed by atoms with Crippen LogP contribution in [0.5, 0.6) is 5.75 Å². The van der Waals surface area contributed by atoms with E-state index < -0.39 is 10.0 Å². The lowest BCUT2D eigenvalue weighted by Gasteiger charge is -2.10. The highest BCUT2D eigenvalue weighted by Crippen LogP contribution is 2.32. The molecule has 0 atom stereocenters. The molecule has 2 aromatic carbocycles. The van der Waals surface area contributed by atoms with Gasteiger partial charge in [0.15, 0.2) is 5.82 Å². The highest BCUT2D eigenvalue weighted by Gasteiger charge is 2.21. The molecule has 0 aliphatic heterocycles. The number of benzene rings is 2. The van der Waals surface area contributed by atoms with Gasteiger partial charge in [0, 0.05) is 12.5 Å². The number of methoxy groups -OCH3 is 1. The number of aromatic nitrogens is 2. The molecule has 0 fully saturated rings. The maximum atomic E-state index is 12.8. The molecule has 1 N–H and O–H groups in total. The molecule has 0 bridgehead atoms. The summed E-state index contributed by atoms with van der Waals surface area (Å²) < 4.78 is 38.8. The van der Waals surface area contributed by atoms with E-state index >= 15 is 0 Å². The Kier molecular flexibility index (Phi) is 5.81. The Morgan fingerprint density at radius 3 is 2.46 bits per heavy atom. The molecule has 28 heavy (non-hydrogen) atoms. The van der Waals surface area contributed by atoms with Crippen molar-refractivity contribution in [3.8, 4) is 17.2 Å². The topological polar surface area (TPSA) is 94.3 Å². The molecule has 0 saturated carbocycles. The molecule has 1 heterocycles. The highest BCUT2D eigenvalue weighted by molar-refractivity contribution is 7.89. The predicted octanol–water partition coefficient (Wildman–Crippen LogP) is 3.66. The number of aryl methyl sites for hydroxylation is 1. The summed E-state index contributed by atoms with van der Waals surface area (Å²) in [6, 6.07) is 12.2. The quantitative estimate of drug-likeness (QED) is 0.649. The molecule has 3 aromatic rings. The smallest absolute Gasteiger partial charge is 0.261 e. The van der Waals surface area contributed by atoms with E-state index in [2.05, 4.69) is 14.9 Å². The molecule has 1 aromatic heterocycles. The lowest BCUT2D eigenvalue weighted by molar-refractivity contribution is 0.401. The van der Waals surface area contributed by atoms with Crippen LogP contribution < -0.4 is 9.46 Å². The van der Waals surface area contributed by atoms with Crippen molar-refractivity contribution < 1.29 is 17.7 Å². The van der Waals surface area contributed by atoms with E-state index in [1.54, 1.807) is 6.07 Å². The van der Waals surface area contributed by atoms with E-state index in [4.69, 9.17) is 9.26 Å². The SMILES string of the molecule is COc1ccc(S(=O)(=O)NCc2ccc(C)cc2)cc1-c1nc(C(C)C)no1. The molecule has 0 radical (unpaired) electrons. The summed E-state index contributed by atoms with van der Waals surface area (Å²) in [6.07, 6.45) is 0. The number of nitrogens with zero attached hydrogens (tertiary/aromatic N) is 2. The number of ether oxygens (including phenoxy) is 1. The first-order chi connectivity index (χ1) is 13.3. The monoisotopic (exact) mass is 401 g/mol. The average Bonchev–Trinajstić information content (AvgIpc) is 3.17. The number of nitrogens with one attached hydrogen (secondary N) is 1. The number of hydrogen-bond acceptors (Lipinski definition) is 6. The Labute approximate surface area is 164 Å². The maximum absolute atomic E-state index is 12.8. The summed E-state index contributed by atoms with van der Waals surface area (Å²) >= 11 is 0. The summed E-state index contributed by atoms with van der Waals surface area (Å²) in [5, 5.41) is 3.94. The van der Waals surface area contributed by atoms with E-state index in [1.807, 2.05) is 45.0 Å². The van der Waals surface area contributed by atoms with Crippen LogP contribution in [0.4, 0.5) is 0 Å². The van der Waals surface area contributed by atoms with Crippen molar-refractivity contribution in [1.82, 2.24) is 14.9 Å². The Morgan fingerprint density at radius 1 is 1.14 bits per heavy atom. The van der Waals surface area contributed by atoms with Gasteiger partial charge in [0.05, 0.1) is 17.6 Å². The number of sulfonamides is 1. The second kappa shape index (κ2) is 8.12. The van der Waals surface area contributed by atoms with Crippen LogP contribution in [-0.2, 0) is 16.6 Å². The van der Waals surface area contributed by atoms with E-state index in [9.17, 15) is 8.42 Å². The minimum atomic E-state index is -3.73. The van der Waals surface area contributed by atoms with Crippen LogP contribution in [0.25, 0.3) is 11.5 Å². The van der Waals surface area contributed by atoms with E-state index in [-0.39, 0.29) is 23.2 Å². The van der Waals surface area contributed by atoms with E-state index in [1.165, 1.54) is 19.2 Å². The van der Waals surface area contributed by atoms with Crippen LogP contribution >= 0.6 is 0 Å². The molecule has 0 spiro atoms. The Balaban J connectivity index is 1.89. The van der Waals surface area contributed by atoms with Crippen molar-refractivity contribution in [2.75, 3.05) is 7.11 Å². The zero-order valence-electron chi connectivity index (χ0n) is 16.3. The fourth-order valence-corrected chi connectivity index (χ4v) is 3.61. The molecule has 0 amide bonds. The van der Waals surface area contributed by atoms with Crippen LogP contribution in [0, 0.1) is 6.92 Å². The number of hydrogen-bond donors (Lipinski definition) is 1. The van der Waals surface area contributed by atoms with Crippen LogP contribution in [0.15, 0.2) is 51.9 Å². The lowest BCUT2D eigenvalue weighted by atomic mass is 10.2. The van der Waals surface area contributed by atoms with Crippen molar-refractivity contribution in [2.45, 2.75) is 38.1 Å². The van der Waals surface area contributed by atoms with Gasteiger partial charge >= 0.3 is 0 Å². The summed E-state index contributed by atoms with van der Waals surface area (Å²) in [7, 11) is -2.23. The van der Waals surface area contributed by atoms with Gasteiger partial charge in [-0.05, 0) is 30.7 Å². The zero-order chi connectivity index (χ0) is 20.3.